The van der Waals surface area contributed by atoms with Crippen LogP contribution in [0.4, 0.5) is 0 Å². The summed E-state index contributed by atoms with van der Waals surface area (Å²) < 4.78 is 35.6. The minimum atomic E-state index is -3.86. The van der Waals surface area contributed by atoms with Gasteiger partial charge in [-0.15, -0.1) is 0 Å². The van der Waals surface area contributed by atoms with Crippen molar-refractivity contribution >= 4 is 48.3 Å². The minimum Gasteiger partial charge on any atom is -0.523 e. The van der Waals surface area contributed by atoms with Crippen molar-refractivity contribution < 1.29 is 21.8 Å². The Morgan fingerprint density at radius 1 is 1.19 bits per heavy atom. The monoisotopic (exact) mass is 440 g/mol. The van der Waals surface area contributed by atoms with Crippen LogP contribution in [-0.4, -0.2) is 29.5 Å². The summed E-state index contributed by atoms with van der Waals surface area (Å²) in [5, 5.41) is 0.640. The summed E-state index contributed by atoms with van der Waals surface area (Å²) >= 11 is 11.8. The molecular weight excluding hydrogens is 415 g/mol. The second-order valence-corrected chi connectivity index (χ2v) is 12.2. The molecule has 1 rings (SSSR count). The van der Waals surface area contributed by atoms with Crippen molar-refractivity contribution in [3.05, 3.63) is 33.8 Å². The summed E-state index contributed by atoms with van der Waals surface area (Å²) in [5.74, 6) is -0.633. The Labute approximate surface area is 167 Å². The molecule has 0 aromatic heterocycles. The van der Waals surface area contributed by atoms with Gasteiger partial charge in [-0.1, -0.05) is 50.0 Å². The van der Waals surface area contributed by atoms with Gasteiger partial charge in [0.2, 0.25) is 9.04 Å². The van der Waals surface area contributed by atoms with Gasteiger partial charge in [0, 0.05) is 6.42 Å². The number of halogens is 2. The molecule has 0 aliphatic rings. The lowest BCUT2D eigenvalue weighted by Crippen LogP contribution is -2.33. The van der Waals surface area contributed by atoms with Crippen LogP contribution in [0.3, 0.4) is 0 Å². The lowest BCUT2D eigenvalue weighted by Gasteiger charge is -2.30. The lowest BCUT2D eigenvalue weighted by molar-refractivity contribution is -0.135. The highest BCUT2D eigenvalue weighted by molar-refractivity contribution is 7.85. The summed E-state index contributed by atoms with van der Waals surface area (Å²) in [6, 6.07) is 4.63. The van der Waals surface area contributed by atoms with E-state index < -0.39 is 30.7 Å². The number of benzene rings is 1. The van der Waals surface area contributed by atoms with Gasteiger partial charge in [0.1, 0.15) is 5.75 Å². The summed E-state index contributed by atoms with van der Waals surface area (Å²) in [5.41, 5.74) is 0.0255. The molecule has 1 aromatic carbocycles. The van der Waals surface area contributed by atoms with Crippen LogP contribution in [0.5, 0.6) is 0 Å². The molecule has 0 aliphatic heterocycles. The largest absolute Gasteiger partial charge is 0.523 e. The van der Waals surface area contributed by atoms with Gasteiger partial charge in [0.25, 0.3) is 16.1 Å². The second-order valence-electron chi connectivity index (χ2n) is 7.48. The zero-order chi connectivity index (χ0) is 20.1. The van der Waals surface area contributed by atoms with Crippen molar-refractivity contribution in [2.45, 2.75) is 58.6 Å². The third-order valence-corrected chi connectivity index (χ3v) is 6.22. The fourth-order valence-electron chi connectivity index (χ4n) is 2.24. The fourth-order valence-corrected chi connectivity index (χ4v) is 4.60. The Bertz CT molecular complexity index is 729. The van der Waals surface area contributed by atoms with E-state index in [1.165, 1.54) is 6.07 Å². The molecule has 0 unspecified atom stereocenters. The molecule has 0 radical (unpaired) electrons. The van der Waals surface area contributed by atoms with E-state index >= 15 is 0 Å². The van der Waals surface area contributed by atoms with Crippen molar-refractivity contribution in [2.75, 3.05) is 0 Å². The van der Waals surface area contributed by atoms with Gasteiger partial charge in [-0.05, 0) is 42.6 Å². The average molecular weight is 441 g/mol. The minimum absolute atomic E-state index is 0.120. The third kappa shape index (κ3) is 8.39. The molecule has 0 saturated heterocycles. The molecule has 0 aliphatic carbocycles. The van der Waals surface area contributed by atoms with E-state index in [0.717, 1.165) is 0 Å². The Kier molecular flexibility index (Phi) is 8.61. The SMILES string of the molecule is C[SiH](C)OC(=O)CC[C@@H](OS(=O)(=O)Cc1ccc(Cl)c(Cl)c1)C(C)(C)C. The maximum atomic E-state index is 12.5. The van der Waals surface area contributed by atoms with Crippen molar-refractivity contribution in [3.8, 4) is 0 Å². The van der Waals surface area contributed by atoms with Crippen LogP contribution in [0.25, 0.3) is 0 Å². The van der Waals surface area contributed by atoms with Crippen molar-refractivity contribution in [1.82, 2.24) is 0 Å². The molecule has 148 valence electrons. The van der Waals surface area contributed by atoms with Crippen molar-refractivity contribution in [3.63, 3.8) is 0 Å². The predicted octanol–water partition coefficient (Wildman–Crippen LogP) is 4.56. The predicted molar refractivity (Wildman–Crippen MR) is 108 cm³/mol. The normalized spacial score (nSPS) is 13.7. The molecule has 0 spiro atoms. The number of rotatable bonds is 8. The maximum absolute atomic E-state index is 12.5. The first kappa shape index (κ1) is 23.4. The molecule has 0 saturated carbocycles. The first-order chi connectivity index (χ1) is 11.8. The van der Waals surface area contributed by atoms with E-state index in [9.17, 15) is 13.2 Å². The first-order valence-electron chi connectivity index (χ1n) is 8.34. The van der Waals surface area contributed by atoms with Crippen LogP contribution in [0.15, 0.2) is 18.2 Å². The third-order valence-electron chi connectivity index (χ3n) is 3.53. The number of carbonyl (C=O) groups excluding carboxylic acids is 1. The number of hydrogen-bond donors (Lipinski definition) is 0. The number of carbonyl (C=O) groups is 1. The first-order valence-corrected chi connectivity index (χ1v) is 13.5. The molecule has 0 heterocycles. The summed E-state index contributed by atoms with van der Waals surface area (Å²) in [6.45, 7) is 9.41. The van der Waals surface area contributed by atoms with Crippen LogP contribution in [0.1, 0.15) is 39.2 Å². The fraction of sp³-hybridized carbons (Fsp3) is 0.588. The van der Waals surface area contributed by atoms with E-state index in [1.54, 1.807) is 12.1 Å². The topological polar surface area (TPSA) is 69.7 Å². The van der Waals surface area contributed by atoms with Crippen LogP contribution >= 0.6 is 23.2 Å². The highest BCUT2D eigenvalue weighted by atomic mass is 35.5. The Morgan fingerprint density at radius 2 is 1.81 bits per heavy atom. The van der Waals surface area contributed by atoms with Gasteiger partial charge < -0.3 is 4.43 Å². The van der Waals surface area contributed by atoms with Gasteiger partial charge in [-0.3, -0.25) is 8.98 Å². The maximum Gasteiger partial charge on any atom is 0.292 e. The van der Waals surface area contributed by atoms with E-state index in [-0.39, 0.29) is 29.6 Å². The van der Waals surface area contributed by atoms with Crippen LogP contribution < -0.4 is 0 Å². The zero-order valence-electron chi connectivity index (χ0n) is 15.7. The Morgan fingerprint density at radius 3 is 2.31 bits per heavy atom. The van der Waals surface area contributed by atoms with Gasteiger partial charge in [0.05, 0.1) is 16.1 Å². The van der Waals surface area contributed by atoms with Crippen LogP contribution in [0.2, 0.25) is 23.1 Å². The molecule has 1 aromatic rings. The molecule has 0 bridgehead atoms. The van der Waals surface area contributed by atoms with E-state index in [4.69, 9.17) is 31.8 Å². The summed E-state index contributed by atoms with van der Waals surface area (Å²) in [7, 11) is -5.33. The van der Waals surface area contributed by atoms with Gasteiger partial charge in [0.15, 0.2) is 0 Å². The van der Waals surface area contributed by atoms with E-state index in [2.05, 4.69) is 0 Å². The molecular formula is C17H26Cl2O5SSi. The van der Waals surface area contributed by atoms with Gasteiger partial charge >= 0.3 is 0 Å². The molecule has 26 heavy (non-hydrogen) atoms. The van der Waals surface area contributed by atoms with E-state index in [1.807, 2.05) is 33.9 Å². The smallest absolute Gasteiger partial charge is 0.292 e. The van der Waals surface area contributed by atoms with Gasteiger partial charge in [-0.2, -0.15) is 8.42 Å². The van der Waals surface area contributed by atoms with Crippen molar-refractivity contribution in [2.24, 2.45) is 5.41 Å². The lowest BCUT2D eigenvalue weighted by atomic mass is 9.86. The molecule has 9 heteroatoms. The highest BCUT2D eigenvalue weighted by Gasteiger charge is 2.31. The number of hydrogen-bond acceptors (Lipinski definition) is 5. The summed E-state index contributed by atoms with van der Waals surface area (Å²) in [6.07, 6.45) is -0.254. The van der Waals surface area contributed by atoms with Crippen molar-refractivity contribution in [1.29, 1.82) is 0 Å². The Hall–Kier alpha value is -0.603. The average Bonchev–Trinajstić information content (AvgIpc) is 2.45. The Balaban J connectivity index is 2.82. The molecule has 0 amide bonds. The molecule has 1 atom stereocenters. The standard InChI is InChI=1S/C17H26Cl2O5SSi/c1-17(2,3)15(8-9-16(20)24-26(4)5)23-25(21,22)11-12-6-7-13(18)14(19)10-12/h6-7,10,15,26H,8-9,11H2,1-5H3/t15-/m1/s1. The summed E-state index contributed by atoms with van der Waals surface area (Å²) in [4.78, 5) is 11.8. The van der Waals surface area contributed by atoms with E-state index in [0.29, 0.717) is 10.6 Å². The quantitative estimate of drug-likeness (QED) is 0.437. The van der Waals surface area contributed by atoms with Crippen LogP contribution in [-0.2, 0) is 29.3 Å². The van der Waals surface area contributed by atoms with Gasteiger partial charge in [-0.25, -0.2) is 0 Å². The molecule has 5 nitrogen and oxygen atoms in total. The second kappa shape index (κ2) is 9.55. The highest BCUT2D eigenvalue weighted by Crippen LogP contribution is 2.29. The zero-order valence-corrected chi connectivity index (χ0v) is 19.2. The molecule has 0 fully saturated rings. The molecule has 0 N–H and O–H groups in total. The van der Waals surface area contributed by atoms with Crippen LogP contribution in [0, 0.1) is 5.41 Å².